The number of rotatable bonds is 4. The minimum absolute atomic E-state index is 0.141. The summed E-state index contributed by atoms with van der Waals surface area (Å²) >= 11 is 0. The molecule has 0 atom stereocenters. The van der Waals surface area contributed by atoms with Gasteiger partial charge in [-0.3, -0.25) is 0 Å². The van der Waals surface area contributed by atoms with Crippen molar-refractivity contribution in [2.24, 2.45) is 0 Å². The van der Waals surface area contributed by atoms with Crippen LogP contribution in [-0.4, -0.2) is 0 Å². The number of benzene rings is 2. The van der Waals surface area contributed by atoms with Crippen LogP contribution in [0.3, 0.4) is 0 Å². The van der Waals surface area contributed by atoms with Gasteiger partial charge in [0.15, 0.2) is 0 Å². The molecule has 0 aliphatic heterocycles. The fourth-order valence-corrected chi connectivity index (χ4v) is 1.78. The lowest BCUT2D eigenvalue weighted by Gasteiger charge is -2.07. The van der Waals surface area contributed by atoms with Crippen molar-refractivity contribution in [1.29, 1.82) is 5.26 Å². The quantitative estimate of drug-likeness (QED) is 0.930. The monoisotopic (exact) mass is 276 g/mol. The molecule has 0 aliphatic carbocycles. The van der Waals surface area contributed by atoms with Crippen LogP contribution in [0.2, 0.25) is 0 Å². The molecule has 1 N–H and O–H groups in total. The van der Waals surface area contributed by atoms with Crippen LogP contribution in [0.1, 0.15) is 16.7 Å². The Labute approximate surface area is 114 Å². The second kappa shape index (κ2) is 6.22. The maximum absolute atomic E-state index is 13.5. The van der Waals surface area contributed by atoms with E-state index in [-0.39, 0.29) is 13.1 Å². The van der Waals surface area contributed by atoms with Crippen molar-refractivity contribution in [2.75, 3.05) is 0 Å². The molecule has 0 aliphatic rings. The molecule has 20 heavy (non-hydrogen) atoms. The number of halogens is 3. The van der Waals surface area contributed by atoms with Crippen LogP contribution in [0.5, 0.6) is 0 Å². The van der Waals surface area contributed by atoms with Crippen LogP contribution in [0.15, 0.2) is 36.4 Å². The van der Waals surface area contributed by atoms with Crippen molar-refractivity contribution in [2.45, 2.75) is 13.1 Å². The second-order valence-corrected chi connectivity index (χ2v) is 4.26. The van der Waals surface area contributed by atoms with Crippen LogP contribution in [0.25, 0.3) is 0 Å². The van der Waals surface area contributed by atoms with E-state index in [1.165, 1.54) is 24.3 Å². The highest BCUT2D eigenvalue weighted by Gasteiger charge is 2.06. The van der Waals surface area contributed by atoms with Gasteiger partial charge in [0.1, 0.15) is 17.5 Å². The summed E-state index contributed by atoms with van der Waals surface area (Å²) in [5, 5.41) is 11.6. The van der Waals surface area contributed by atoms with Gasteiger partial charge in [-0.15, -0.1) is 0 Å². The summed E-state index contributed by atoms with van der Waals surface area (Å²) in [7, 11) is 0. The van der Waals surface area contributed by atoms with Crippen molar-refractivity contribution in [1.82, 2.24) is 5.32 Å². The summed E-state index contributed by atoms with van der Waals surface area (Å²) < 4.78 is 39.6. The fourth-order valence-electron chi connectivity index (χ4n) is 1.78. The molecule has 0 bridgehead atoms. The first-order chi connectivity index (χ1) is 9.60. The Balaban J connectivity index is 2.01. The highest BCUT2D eigenvalue weighted by atomic mass is 19.1. The van der Waals surface area contributed by atoms with Crippen LogP contribution in [0.4, 0.5) is 13.2 Å². The fraction of sp³-hybridized carbons (Fsp3) is 0.133. The molecule has 2 aromatic carbocycles. The van der Waals surface area contributed by atoms with Gasteiger partial charge >= 0.3 is 0 Å². The first kappa shape index (κ1) is 14.1. The lowest BCUT2D eigenvalue weighted by atomic mass is 10.1. The average molecular weight is 276 g/mol. The summed E-state index contributed by atoms with van der Waals surface area (Å²) in [4.78, 5) is 0. The van der Waals surface area contributed by atoms with Gasteiger partial charge in [-0.25, -0.2) is 13.2 Å². The minimum atomic E-state index is -0.649. The van der Waals surface area contributed by atoms with Crippen LogP contribution in [-0.2, 0) is 13.1 Å². The predicted octanol–water partition coefficient (Wildman–Crippen LogP) is 3.27. The van der Waals surface area contributed by atoms with Gasteiger partial charge in [0.25, 0.3) is 0 Å². The van der Waals surface area contributed by atoms with Crippen molar-refractivity contribution >= 4 is 0 Å². The van der Waals surface area contributed by atoms with Gasteiger partial charge in [0.05, 0.1) is 11.6 Å². The van der Waals surface area contributed by atoms with E-state index in [9.17, 15) is 13.2 Å². The summed E-state index contributed by atoms with van der Waals surface area (Å²) in [5.74, 6) is -1.72. The molecule has 0 radical (unpaired) electrons. The lowest BCUT2D eigenvalue weighted by Crippen LogP contribution is -2.15. The molecule has 2 nitrogen and oxygen atoms in total. The molecule has 0 aromatic heterocycles. The Bertz CT molecular complexity index is 663. The molecule has 0 heterocycles. The van der Waals surface area contributed by atoms with Crippen LogP contribution < -0.4 is 5.32 Å². The van der Waals surface area contributed by atoms with E-state index in [2.05, 4.69) is 5.32 Å². The highest BCUT2D eigenvalue weighted by molar-refractivity contribution is 5.33. The number of nitrogens with zero attached hydrogens (tertiary/aromatic N) is 1. The molecule has 2 rings (SSSR count). The van der Waals surface area contributed by atoms with Gasteiger partial charge < -0.3 is 5.32 Å². The lowest BCUT2D eigenvalue weighted by molar-refractivity contribution is 0.553. The van der Waals surface area contributed by atoms with E-state index >= 15 is 0 Å². The van der Waals surface area contributed by atoms with E-state index in [0.29, 0.717) is 16.7 Å². The normalized spacial score (nSPS) is 10.3. The molecule has 2 aromatic rings. The van der Waals surface area contributed by atoms with Gasteiger partial charge in [-0.05, 0) is 24.3 Å². The number of hydrogen-bond donors (Lipinski definition) is 1. The van der Waals surface area contributed by atoms with Crippen LogP contribution in [0, 0.1) is 28.8 Å². The van der Waals surface area contributed by atoms with Crippen molar-refractivity contribution < 1.29 is 13.2 Å². The Morgan fingerprint density at radius 3 is 2.35 bits per heavy atom. The topological polar surface area (TPSA) is 35.8 Å². The molecular formula is C15H11F3N2. The number of hydrogen-bond acceptors (Lipinski definition) is 2. The first-order valence-electron chi connectivity index (χ1n) is 5.93. The summed E-state index contributed by atoms with van der Waals surface area (Å²) in [6, 6.07) is 9.26. The van der Waals surface area contributed by atoms with Gasteiger partial charge in [0, 0.05) is 30.3 Å². The molecular weight excluding hydrogens is 265 g/mol. The summed E-state index contributed by atoms with van der Waals surface area (Å²) in [6.45, 7) is 0.292. The third kappa shape index (κ3) is 3.37. The highest BCUT2D eigenvalue weighted by Crippen LogP contribution is 2.12. The van der Waals surface area contributed by atoms with E-state index < -0.39 is 17.5 Å². The molecule has 0 saturated carbocycles. The summed E-state index contributed by atoms with van der Waals surface area (Å²) in [6.07, 6.45) is 0. The van der Waals surface area contributed by atoms with Gasteiger partial charge in [-0.2, -0.15) is 5.26 Å². The number of nitrogens with one attached hydrogen (secondary N) is 1. The predicted molar refractivity (Wildman–Crippen MR) is 68.0 cm³/mol. The van der Waals surface area contributed by atoms with Gasteiger partial charge in [-0.1, -0.05) is 6.07 Å². The largest absolute Gasteiger partial charge is 0.308 e. The summed E-state index contributed by atoms with van der Waals surface area (Å²) in [5.41, 5.74) is 0.978. The average Bonchev–Trinajstić information content (AvgIpc) is 2.43. The first-order valence-corrected chi connectivity index (χ1v) is 5.93. The Morgan fingerprint density at radius 2 is 1.65 bits per heavy atom. The zero-order valence-electron chi connectivity index (χ0n) is 10.5. The molecule has 0 spiro atoms. The molecule has 0 unspecified atom stereocenters. The third-order valence-corrected chi connectivity index (χ3v) is 2.82. The molecule has 0 fully saturated rings. The molecule has 5 heteroatoms. The second-order valence-electron chi connectivity index (χ2n) is 4.26. The standard InChI is InChI=1S/C15H11F3N2/c16-13-3-2-11(15(18)6-13)8-20-9-12-5-10(7-19)1-4-14(12)17/h1-6,20H,8-9H2. The zero-order valence-corrected chi connectivity index (χ0v) is 10.5. The van der Waals surface area contributed by atoms with Crippen molar-refractivity contribution in [3.63, 3.8) is 0 Å². The Morgan fingerprint density at radius 1 is 0.900 bits per heavy atom. The third-order valence-electron chi connectivity index (χ3n) is 2.82. The maximum Gasteiger partial charge on any atom is 0.130 e. The van der Waals surface area contributed by atoms with Gasteiger partial charge in [0.2, 0.25) is 0 Å². The van der Waals surface area contributed by atoms with Crippen molar-refractivity contribution in [3.05, 3.63) is 70.5 Å². The zero-order chi connectivity index (χ0) is 14.5. The minimum Gasteiger partial charge on any atom is -0.308 e. The van der Waals surface area contributed by atoms with E-state index in [1.807, 2.05) is 6.07 Å². The molecule has 102 valence electrons. The smallest absolute Gasteiger partial charge is 0.130 e. The SMILES string of the molecule is N#Cc1ccc(F)c(CNCc2ccc(F)cc2F)c1. The van der Waals surface area contributed by atoms with E-state index in [1.54, 1.807) is 0 Å². The van der Waals surface area contributed by atoms with Crippen molar-refractivity contribution in [3.8, 4) is 6.07 Å². The van der Waals surface area contributed by atoms with E-state index in [4.69, 9.17) is 5.26 Å². The Kier molecular flexibility index (Phi) is 4.38. The molecule has 0 amide bonds. The number of nitriles is 1. The Hall–Kier alpha value is -2.32. The maximum atomic E-state index is 13.5. The van der Waals surface area contributed by atoms with E-state index in [0.717, 1.165) is 12.1 Å². The molecule has 0 saturated heterocycles. The van der Waals surface area contributed by atoms with Crippen LogP contribution >= 0.6 is 0 Å².